The van der Waals surface area contributed by atoms with Gasteiger partial charge in [-0.25, -0.2) is 14.6 Å². The van der Waals surface area contributed by atoms with E-state index in [-0.39, 0.29) is 31.1 Å². The van der Waals surface area contributed by atoms with Crippen molar-refractivity contribution in [3.63, 3.8) is 0 Å². The maximum Gasteiger partial charge on any atom is 0.408 e. The first kappa shape index (κ1) is 28.5. The fourth-order valence-corrected chi connectivity index (χ4v) is 3.57. The van der Waals surface area contributed by atoms with Crippen molar-refractivity contribution in [2.75, 3.05) is 6.61 Å². The smallest absolute Gasteiger partial charge is 0.408 e. The van der Waals surface area contributed by atoms with E-state index in [1.165, 1.54) is 12.1 Å². The number of alkyl carbamates (subject to hydrolysis) is 1. The monoisotopic (exact) mass is 505 g/mol. The zero-order chi connectivity index (χ0) is 27.2. The zero-order valence-electron chi connectivity index (χ0n) is 21.8. The first-order valence-electron chi connectivity index (χ1n) is 11.8. The summed E-state index contributed by atoms with van der Waals surface area (Å²) in [5, 5.41) is 16.3. The molecule has 1 aromatic heterocycles. The van der Waals surface area contributed by atoms with E-state index in [0.717, 1.165) is 0 Å². The summed E-state index contributed by atoms with van der Waals surface area (Å²) in [5.41, 5.74) is 0.358. The van der Waals surface area contributed by atoms with Gasteiger partial charge in [-0.1, -0.05) is 13.8 Å². The van der Waals surface area contributed by atoms with Gasteiger partial charge in [0.05, 0.1) is 22.6 Å². The van der Waals surface area contributed by atoms with Crippen molar-refractivity contribution in [2.45, 2.75) is 72.1 Å². The number of hydrogen-bond acceptors (Lipinski definition) is 8. The van der Waals surface area contributed by atoms with E-state index in [9.17, 15) is 24.5 Å². The van der Waals surface area contributed by atoms with Crippen LogP contribution in [0.15, 0.2) is 18.2 Å². The Bertz CT molecular complexity index is 1120. The SMILES string of the molecule is CCOC(=O)[C@H](CCc1nc2cc([N+](=O)[O-])ccc2n1C)NC(=O)[C@@H](NC(=O)OC(C)(C)C)C(C)C. The minimum atomic E-state index is -0.992. The van der Waals surface area contributed by atoms with Crippen molar-refractivity contribution in [1.82, 2.24) is 20.2 Å². The lowest BCUT2D eigenvalue weighted by atomic mass is 10.0. The molecule has 0 radical (unpaired) electrons. The van der Waals surface area contributed by atoms with Crippen molar-refractivity contribution in [2.24, 2.45) is 13.0 Å². The molecule has 1 aromatic carbocycles. The minimum Gasteiger partial charge on any atom is -0.464 e. The second-order valence-corrected chi connectivity index (χ2v) is 9.74. The molecule has 0 aliphatic heterocycles. The van der Waals surface area contributed by atoms with E-state index in [2.05, 4.69) is 15.6 Å². The van der Waals surface area contributed by atoms with Crippen LogP contribution in [0.5, 0.6) is 0 Å². The number of esters is 1. The summed E-state index contributed by atoms with van der Waals surface area (Å²) in [6.07, 6.45) is -0.284. The molecule has 0 saturated heterocycles. The fraction of sp³-hybridized carbons (Fsp3) is 0.583. The topological polar surface area (TPSA) is 155 Å². The summed E-state index contributed by atoms with van der Waals surface area (Å²) in [6.45, 7) is 10.5. The number of nitro groups is 1. The number of benzene rings is 1. The number of imidazole rings is 1. The van der Waals surface area contributed by atoms with Crippen LogP contribution in [-0.2, 0) is 32.5 Å². The third-order valence-corrected chi connectivity index (χ3v) is 5.33. The highest BCUT2D eigenvalue weighted by Gasteiger charge is 2.31. The molecule has 198 valence electrons. The number of non-ortho nitro benzene ring substituents is 1. The molecule has 0 aliphatic rings. The third kappa shape index (κ3) is 7.65. The molecule has 2 aromatic rings. The molecule has 0 aliphatic carbocycles. The van der Waals surface area contributed by atoms with Gasteiger partial charge in [-0.15, -0.1) is 0 Å². The van der Waals surface area contributed by atoms with Gasteiger partial charge in [0.25, 0.3) is 5.69 Å². The highest BCUT2D eigenvalue weighted by molar-refractivity contribution is 5.90. The molecular weight excluding hydrogens is 470 g/mol. The Morgan fingerprint density at radius 3 is 2.42 bits per heavy atom. The molecular formula is C24H35N5O7. The first-order valence-corrected chi connectivity index (χ1v) is 11.8. The van der Waals surface area contributed by atoms with Crippen LogP contribution in [0.1, 0.15) is 53.8 Å². The maximum atomic E-state index is 13.1. The molecule has 2 rings (SSSR count). The standard InChI is InChI=1S/C24H35N5O7/c1-8-35-22(31)16(26-21(30)20(14(2)3)27-23(32)36-24(4,5)6)10-12-19-25-17-13-15(29(33)34)9-11-18(17)28(19)7/h9,11,13-14,16,20H,8,10,12H2,1-7H3,(H,26,30)(H,27,32)/t16-,20-/m0/s1. The van der Waals surface area contributed by atoms with E-state index >= 15 is 0 Å². The Morgan fingerprint density at radius 1 is 1.19 bits per heavy atom. The van der Waals surface area contributed by atoms with Gasteiger partial charge in [0.15, 0.2) is 0 Å². The molecule has 2 amide bonds. The fourth-order valence-electron chi connectivity index (χ4n) is 3.57. The Hall–Kier alpha value is -3.70. The summed E-state index contributed by atoms with van der Waals surface area (Å²) < 4.78 is 12.2. The summed E-state index contributed by atoms with van der Waals surface area (Å²) in [7, 11) is 1.77. The molecule has 12 heteroatoms. The molecule has 12 nitrogen and oxygen atoms in total. The molecule has 2 N–H and O–H groups in total. The van der Waals surface area contributed by atoms with Crippen molar-refractivity contribution in [3.8, 4) is 0 Å². The van der Waals surface area contributed by atoms with E-state index in [0.29, 0.717) is 16.9 Å². The van der Waals surface area contributed by atoms with Crippen molar-refractivity contribution in [1.29, 1.82) is 0 Å². The summed E-state index contributed by atoms with van der Waals surface area (Å²) in [4.78, 5) is 53.0. The summed E-state index contributed by atoms with van der Waals surface area (Å²) in [6, 6.07) is 2.48. The highest BCUT2D eigenvalue weighted by atomic mass is 16.6. The van der Waals surface area contributed by atoms with Crippen LogP contribution in [0.25, 0.3) is 11.0 Å². The number of ether oxygens (including phenoxy) is 2. The predicted octanol–water partition coefficient (Wildman–Crippen LogP) is 3.01. The second kappa shape index (κ2) is 11.8. The van der Waals surface area contributed by atoms with Crippen LogP contribution < -0.4 is 10.6 Å². The molecule has 1 heterocycles. The number of carbonyl (C=O) groups is 3. The highest BCUT2D eigenvalue weighted by Crippen LogP contribution is 2.22. The Morgan fingerprint density at radius 2 is 1.86 bits per heavy atom. The average molecular weight is 506 g/mol. The van der Waals surface area contributed by atoms with Gasteiger partial charge in [0.1, 0.15) is 23.5 Å². The molecule has 0 bridgehead atoms. The summed E-state index contributed by atoms with van der Waals surface area (Å²) in [5.74, 6) is -0.855. The Balaban J connectivity index is 2.19. The number of amides is 2. The van der Waals surface area contributed by atoms with Gasteiger partial charge in [-0.3, -0.25) is 14.9 Å². The van der Waals surface area contributed by atoms with Gasteiger partial charge in [-0.05, 0) is 46.1 Å². The predicted molar refractivity (Wildman–Crippen MR) is 132 cm³/mol. The van der Waals surface area contributed by atoms with Gasteiger partial charge in [0.2, 0.25) is 5.91 Å². The molecule has 0 fully saturated rings. The third-order valence-electron chi connectivity index (χ3n) is 5.33. The van der Waals surface area contributed by atoms with Crippen LogP contribution in [0.4, 0.5) is 10.5 Å². The number of hydrogen-bond donors (Lipinski definition) is 2. The Kier molecular flexibility index (Phi) is 9.37. The first-order chi connectivity index (χ1) is 16.7. The molecule has 0 spiro atoms. The van der Waals surface area contributed by atoms with E-state index in [1.54, 1.807) is 59.2 Å². The number of carbonyl (C=O) groups excluding carboxylic acids is 3. The van der Waals surface area contributed by atoms with Crippen LogP contribution >= 0.6 is 0 Å². The lowest BCUT2D eigenvalue weighted by molar-refractivity contribution is -0.384. The van der Waals surface area contributed by atoms with Crippen LogP contribution in [0.3, 0.4) is 0 Å². The number of nitro benzene ring substituents is 1. The number of fused-ring (bicyclic) bond motifs is 1. The molecule has 2 atom stereocenters. The van der Waals surface area contributed by atoms with Crippen molar-refractivity contribution >= 4 is 34.7 Å². The zero-order valence-corrected chi connectivity index (χ0v) is 21.8. The van der Waals surface area contributed by atoms with E-state index in [1.807, 2.05) is 0 Å². The molecule has 36 heavy (non-hydrogen) atoms. The number of nitrogens with zero attached hydrogens (tertiary/aromatic N) is 3. The van der Waals surface area contributed by atoms with Gasteiger partial charge < -0.3 is 24.7 Å². The van der Waals surface area contributed by atoms with Gasteiger partial charge >= 0.3 is 12.1 Å². The number of rotatable bonds is 10. The van der Waals surface area contributed by atoms with E-state index in [4.69, 9.17) is 9.47 Å². The maximum absolute atomic E-state index is 13.1. The van der Waals surface area contributed by atoms with Crippen molar-refractivity contribution < 1.29 is 28.8 Å². The quantitative estimate of drug-likeness (QED) is 0.284. The normalized spacial score (nSPS) is 13.2. The van der Waals surface area contributed by atoms with Crippen LogP contribution in [0.2, 0.25) is 0 Å². The summed E-state index contributed by atoms with van der Waals surface area (Å²) >= 11 is 0. The number of aromatic nitrogens is 2. The molecule has 0 unspecified atom stereocenters. The van der Waals surface area contributed by atoms with Crippen LogP contribution in [0, 0.1) is 16.0 Å². The average Bonchev–Trinajstić information content (AvgIpc) is 3.08. The lowest BCUT2D eigenvalue weighted by Crippen LogP contribution is -2.54. The van der Waals surface area contributed by atoms with Gasteiger partial charge in [-0.2, -0.15) is 0 Å². The van der Waals surface area contributed by atoms with Crippen LogP contribution in [-0.4, -0.2) is 56.7 Å². The lowest BCUT2D eigenvalue weighted by Gasteiger charge is -2.26. The van der Waals surface area contributed by atoms with E-state index < -0.39 is 40.6 Å². The second-order valence-electron chi connectivity index (χ2n) is 9.74. The number of nitrogens with one attached hydrogen (secondary N) is 2. The largest absolute Gasteiger partial charge is 0.464 e. The molecule has 0 saturated carbocycles. The van der Waals surface area contributed by atoms with Gasteiger partial charge in [0, 0.05) is 25.6 Å². The Labute approximate surface area is 209 Å². The number of aryl methyl sites for hydroxylation is 2. The minimum absolute atomic E-state index is 0.0685. The van der Waals surface area contributed by atoms with Crippen molar-refractivity contribution in [3.05, 3.63) is 34.1 Å².